The third kappa shape index (κ3) is 27.2. The average Bonchev–Trinajstić information content (AvgIpc) is 1.76. The van der Waals surface area contributed by atoms with Crippen molar-refractivity contribution < 1.29 is 82.8 Å². The number of benzene rings is 1. The molecule has 101 heavy (non-hydrogen) atoms. The molecule has 0 radical (unpaired) electrons. The van der Waals surface area contributed by atoms with Crippen LogP contribution in [-0.2, 0) is 81.6 Å². The summed E-state index contributed by atoms with van der Waals surface area (Å²) in [6.07, 6.45) is -0.0510. The van der Waals surface area contributed by atoms with E-state index < -0.39 is 181 Å². The number of amides is 12. The van der Waals surface area contributed by atoms with Crippen LogP contribution in [0.5, 0.6) is 0 Å². The van der Waals surface area contributed by atoms with Crippen LogP contribution in [0.1, 0.15) is 111 Å². The Balaban J connectivity index is 1.57. The van der Waals surface area contributed by atoms with Crippen LogP contribution in [0.2, 0.25) is 0 Å². The minimum absolute atomic E-state index is 0.0414. The molecule has 38 heteroatoms. The fourth-order valence-corrected chi connectivity index (χ4v) is 10.3. The summed E-state index contributed by atoms with van der Waals surface area (Å²) in [7, 11) is 0. The van der Waals surface area contributed by atoms with Crippen molar-refractivity contribution in [3.8, 4) is 0 Å². The van der Waals surface area contributed by atoms with Crippen molar-refractivity contribution in [1.29, 1.82) is 0 Å². The molecule has 0 aliphatic heterocycles. The van der Waals surface area contributed by atoms with Gasteiger partial charge in [0.1, 0.15) is 66.5 Å². The molecule has 0 aliphatic rings. The Hall–Kier alpha value is -10.6. The van der Waals surface area contributed by atoms with E-state index in [4.69, 9.17) is 22.9 Å². The van der Waals surface area contributed by atoms with Gasteiger partial charge in [0.25, 0.3) is 0 Å². The number of aromatic amines is 3. The summed E-state index contributed by atoms with van der Waals surface area (Å²) >= 11 is 0. The number of aliphatic carboxylic acids is 1. The topological polar surface area (TPSA) is 625 Å². The minimum Gasteiger partial charge on any atom is -0.481 e. The second kappa shape index (κ2) is 39.9. The maximum absolute atomic E-state index is 14.7. The number of hydrogen-bond donors (Lipinski definition) is 22. The number of hydrogen-bond acceptors (Lipinski definition) is 20. The molecule has 0 saturated heterocycles. The summed E-state index contributed by atoms with van der Waals surface area (Å²) in [4.78, 5) is 198. The Morgan fingerprint density at radius 3 is 1.38 bits per heavy atom. The molecule has 0 saturated carbocycles. The summed E-state index contributed by atoms with van der Waals surface area (Å²) in [6.45, 7) is 13.1. The van der Waals surface area contributed by atoms with Crippen molar-refractivity contribution in [1.82, 2.24) is 83.4 Å². The van der Waals surface area contributed by atoms with Crippen molar-refractivity contribution >= 4 is 93.7 Å². The lowest BCUT2D eigenvalue weighted by atomic mass is 10.0. The summed E-state index contributed by atoms with van der Waals surface area (Å²) in [5, 5.41) is 69.2. The number of guanidine groups is 1. The van der Waals surface area contributed by atoms with Crippen molar-refractivity contribution in [3.63, 3.8) is 0 Å². The van der Waals surface area contributed by atoms with Crippen LogP contribution in [0, 0.1) is 11.8 Å². The number of nitrogens with two attached hydrogens (primary N) is 4. The largest absolute Gasteiger partial charge is 0.481 e. The Morgan fingerprint density at radius 2 is 0.891 bits per heavy atom. The van der Waals surface area contributed by atoms with Crippen LogP contribution in [0.15, 0.2) is 60.5 Å². The number of carbonyl (C=O) groups excluding carboxylic acids is 12. The molecule has 0 aliphatic carbocycles. The summed E-state index contributed by atoms with van der Waals surface area (Å²) in [5.74, 6) is -14.4. The molecule has 0 spiro atoms. The SMILES string of the molecule is CC(C)C[C@H](NC(=O)[C@@H](N)CC(C)C)C(=O)N[C@@H](C)C(=O)N[C@@H](CC(=O)O)C(=O)N[C@H](C(=O)N[C@H](C(=O)N[C@@H](Cc1cnc[nH]1)C(=O)N[C@@H](Cc1cnc[nH]1)C(=O)N[C@@H](CCCN=C(N)N)C(=O)N[C@@H](C)C(=O)N[C@@H](Cc1c[nH]c2ccccc12)C(=O)N[C@H](C(N)=O)[C@@H](C)O)[C@@H](C)O)[C@@H](C)O. The fourth-order valence-electron chi connectivity index (χ4n) is 10.3. The van der Waals surface area contributed by atoms with E-state index in [1.165, 1.54) is 45.8 Å². The molecule has 3 heterocycles. The number of carbonyl (C=O) groups is 13. The number of primary amides is 1. The lowest BCUT2D eigenvalue weighted by Crippen LogP contribution is -2.63. The van der Waals surface area contributed by atoms with E-state index in [2.05, 4.69) is 88.4 Å². The standard InChI is InChI=1S/C63H97N21O17/c1-28(2)17-39(64)54(93)79-42(18-29(3)4)56(95)75-31(6)53(92)78-46(22-47(88)89)60(99)83-50(34(9)87)62(101)84-49(33(8)86)61(100)81-45(21-37-25-69-27-73-37)58(97)80-44(20-36-24-68-26-72-36)57(96)76-41(15-12-16-70-63(66)67)55(94)74-30(5)52(91)77-43(59(98)82-48(32(7)85)51(65)90)19-35-23-71-40-14-11-10-13-38(35)40/h10-11,13-14,23-34,39,41-46,48-50,71,85-87H,12,15-22,64H2,1-9H3,(H2,65,90)(H,68,72)(H,69,73)(H,74,94)(H,75,95)(H,76,96)(H,77,91)(H,78,92)(H,79,93)(H,80,97)(H,81,100)(H,82,98)(H,83,99)(H,84,101)(H,88,89)(H4,66,67,70)/t30-,31-,32+,33+,34+,39-,41-,42-,43-,44-,45-,46-,48-,49-,50-/m0/s1. The van der Waals surface area contributed by atoms with E-state index in [0.29, 0.717) is 22.9 Å². The van der Waals surface area contributed by atoms with Gasteiger partial charge in [0.2, 0.25) is 70.9 Å². The van der Waals surface area contributed by atoms with Gasteiger partial charge in [0, 0.05) is 66.7 Å². The van der Waals surface area contributed by atoms with Crippen LogP contribution in [0.4, 0.5) is 0 Å². The normalized spacial score (nSPS) is 15.8. The smallest absolute Gasteiger partial charge is 0.305 e. The third-order valence-corrected chi connectivity index (χ3v) is 15.7. The number of carboxylic acids is 1. The van der Waals surface area contributed by atoms with Gasteiger partial charge in [0.15, 0.2) is 5.96 Å². The Bertz CT molecular complexity index is 3500. The second-order valence-electron chi connectivity index (χ2n) is 25.4. The van der Waals surface area contributed by atoms with Gasteiger partial charge in [-0.1, -0.05) is 45.9 Å². The quantitative estimate of drug-likeness (QED) is 0.0111. The van der Waals surface area contributed by atoms with Gasteiger partial charge in [-0.05, 0) is 83.8 Å². The first kappa shape index (κ1) is 82.8. The van der Waals surface area contributed by atoms with Crippen molar-refractivity contribution in [2.45, 2.75) is 204 Å². The number of aliphatic hydroxyl groups is 3. The molecule has 38 nitrogen and oxygen atoms in total. The van der Waals surface area contributed by atoms with Gasteiger partial charge in [0.05, 0.1) is 43.4 Å². The van der Waals surface area contributed by atoms with Crippen molar-refractivity contribution in [2.24, 2.45) is 39.8 Å². The first-order valence-electron chi connectivity index (χ1n) is 32.7. The predicted octanol–water partition coefficient (Wildman–Crippen LogP) is -6.41. The molecule has 4 rings (SSSR count). The predicted molar refractivity (Wildman–Crippen MR) is 362 cm³/mol. The van der Waals surface area contributed by atoms with Crippen LogP contribution in [0.25, 0.3) is 10.9 Å². The molecular weight excluding hydrogens is 1320 g/mol. The van der Waals surface area contributed by atoms with Crippen LogP contribution in [-0.4, -0.2) is 226 Å². The number of nitrogens with one attached hydrogen (secondary N) is 14. The molecule has 26 N–H and O–H groups in total. The monoisotopic (exact) mass is 1420 g/mol. The first-order chi connectivity index (χ1) is 47.5. The van der Waals surface area contributed by atoms with E-state index in [1.807, 2.05) is 13.8 Å². The fraction of sp³-hybridized carbons (Fsp3) is 0.556. The van der Waals surface area contributed by atoms with Crippen molar-refractivity contribution in [2.75, 3.05) is 6.54 Å². The van der Waals surface area contributed by atoms with E-state index in [1.54, 1.807) is 44.3 Å². The molecular formula is C63H97N21O17. The summed E-state index contributed by atoms with van der Waals surface area (Å²) in [5.41, 5.74) is 24.4. The lowest BCUT2D eigenvalue weighted by molar-refractivity contribution is -0.142. The second-order valence-corrected chi connectivity index (χ2v) is 25.4. The number of aromatic nitrogens is 5. The number of carboxylic acid groups (broad SMARTS) is 1. The van der Waals surface area contributed by atoms with Crippen LogP contribution < -0.4 is 81.4 Å². The number of H-pyrrole nitrogens is 3. The summed E-state index contributed by atoms with van der Waals surface area (Å²) in [6, 6.07) is -11.8. The maximum atomic E-state index is 14.7. The molecule has 1 aromatic carbocycles. The zero-order chi connectivity index (χ0) is 75.5. The number of imidazole rings is 2. The molecule has 12 amide bonds. The third-order valence-electron chi connectivity index (χ3n) is 15.7. The molecule has 556 valence electrons. The highest BCUT2D eigenvalue weighted by molar-refractivity contribution is 6.00. The van der Waals surface area contributed by atoms with Gasteiger partial charge in [-0.2, -0.15) is 0 Å². The molecule has 4 aromatic rings. The Morgan fingerprint density at radius 1 is 0.475 bits per heavy atom. The zero-order valence-corrected chi connectivity index (χ0v) is 57.6. The number of aliphatic imine (C=N–C) groups is 1. The van der Waals surface area contributed by atoms with Crippen molar-refractivity contribution in [3.05, 3.63) is 72.5 Å². The lowest BCUT2D eigenvalue weighted by Gasteiger charge is -2.29. The first-order valence-corrected chi connectivity index (χ1v) is 32.7. The highest BCUT2D eigenvalue weighted by atomic mass is 16.4. The van der Waals surface area contributed by atoms with Gasteiger partial charge in [-0.15, -0.1) is 0 Å². The highest BCUT2D eigenvalue weighted by Crippen LogP contribution is 2.20. The molecule has 0 fully saturated rings. The van der Waals surface area contributed by atoms with Gasteiger partial charge >= 0.3 is 5.97 Å². The van der Waals surface area contributed by atoms with E-state index in [0.717, 1.165) is 13.8 Å². The van der Waals surface area contributed by atoms with Crippen LogP contribution >= 0.6 is 0 Å². The average molecular weight is 1420 g/mol. The Labute approximate surface area is 581 Å². The Kier molecular flexibility index (Phi) is 32.7. The molecule has 15 atom stereocenters. The minimum atomic E-state index is -2.04. The number of fused-ring (bicyclic) bond motifs is 1. The number of nitrogens with zero attached hydrogens (tertiary/aromatic N) is 3. The molecule has 0 unspecified atom stereocenters. The maximum Gasteiger partial charge on any atom is 0.305 e. The number of para-hydroxylation sites is 1. The molecule has 0 bridgehead atoms. The van der Waals surface area contributed by atoms with E-state index >= 15 is 0 Å². The van der Waals surface area contributed by atoms with E-state index in [-0.39, 0.29) is 67.8 Å². The van der Waals surface area contributed by atoms with Gasteiger partial charge in [-0.3, -0.25) is 67.3 Å². The van der Waals surface area contributed by atoms with E-state index in [9.17, 15) is 82.8 Å². The van der Waals surface area contributed by atoms with Crippen LogP contribution in [0.3, 0.4) is 0 Å². The highest BCUT2D eigenvalue weighted by Gasteiger charge is 2.39. The summed E-state index contributed by atoms with van der Waals surface area (Å²) < 4.78 is 0. The number of rotatable bonds is 42. The number of aliphatic hydroxyl groups excluding tert-OH is 3. The molecule has 3 aromatic heterocycles. The van der Waals surface area contributed by atoms with Gasteiger partial charge < -0.3 is 117 Å². The van der Waals surface area contributed by atoms with Gasteiger partial charge in [-0.25, -0.2) is 9.97 Å². The zero-order valence-electron chi connectivity index (χ0n) is 57.6.